The van der Waals surface area contributed by atoms with Crippen molar-refractivity contribution in [3.8, 4) is 0 Å². The van der Waals surface area contributed by atoms with Crippen molar-refractivity contribution >= 4 is 17.5 Å². The number of morpholine rings is 1. The lowest BCUT2D eigenvalue weighted by atomic mass is 9.81. The number of benzene rings is 1. The first-order valence-electron chi connectivity index (χ1n) is 10.7. The van der Waals surface area contributed by atoms with Crippen LogP contribution in [0.4, 0.5) is 21.8 Å². The van der Waals surface area contributed by atoms with Gasteiger partial charge in [0.2, 0.25) is 5.95 Å². The first-order chi connectivity index (χ1) is 14.3. The molecule has 0 aliphatic carbocycles. The molecule has 3 aliphatic heterocycles. The molecular weight excluding hydrogens is 369 g/mol. The van der Waals surface area contributed by atoms with Gasteiger partial charge in [0, 0.05) is 43.1 Å². The number of anilines is 3. The summed E-state index contributed by atoms with van der Waals surface area (Å²) < 4.78 is 19.3. The first kappa shape index (κ1) is 18.6. The molecule has 3 saturated heterocycles. The number of aromatic nitrogens is 2. The van der Waals surface area contributed by atoms with Gasteiger partial charge in [-0.2, -0.15) is 4.98 Å². The minimum atomic E-state index is -0.169. The Morgan fingerprint density at radius 1 is 1.07 bits per heavy atom. The van der Waals surface area contributed by atoms with Gasteiger partial charge in [-0.15, -0.1) is 0 Å². The average Bonchev–Trinajstić information content (AvgIpc) is 2.76. The Labute approximate surface area is 171 Å². The van der Waals surface area contributed by atoms with E-state index in [0.29, 0.717) is 18.0 Å². The fraction of sp³-hybridized carbons (Fsp3) is 0.545. The normalized spacial score (nSPS) is 27.0. The van der Waals surface area contributed by atoms with Crippen LogP contribution in [0.5, 0.6) is 0 Å². The molecule has 0 radical (unpaired) electrons. The number of piperidine rings is 2. The standard InChI is InChI=1S/C22H28FN5O/c23-16-3-1-5-18(15-16)28-17-4-2-6-20(28)19(8-7-17)25-22-24-10-9-21(26-22)27-11-13-29-14-12-27/h1,3,5,9-10,15,17,19-20H,2,4,6-8,11-14H2,(H,24,25,26)/t17-,19+,20+/m0/s1. The number of ether oxygens (including phenoxy) is 1. The predicted molar refractivity (Wildman–Crippen MR) is 112 cm³/mol. The average molecular weight is 397 g/mol. The molecule has 2 bridgehead atoms. The van der Waals surface area contributed by atoms with Gasteiger partial charge in [0.25, 0.3) is 0 Å². The maximum Gasteiger partial charge on any atom is 0.224 e. The molecule has 3 aliphatic rings. The molecule has 1 aromatic carbocycles. The topological polar surface area (TPSA) is 53.5 Å². The summed E-state index contributed by atoms with van der Waals surface area (Å²) in [5, 5.41) is 3.61. The second-order valence-electron chi connectivity index (χ2n) is 8.21. The number of rotatable bonds is 4. The highest BCUT2D eigenvalue weighted by atomic mass is 19.1. The fourth-order valence-electron chi connectivity index (χ4n) is 5.11. The van der Waals surface area contributed by atoms with Crippen LogP contribution < -0.4 is 15.1 Å². The molecule has 6 nitrogen and oxygen atoms in total. The van der Waals surface area contributed by atoms with Crippen LogP contribution in [0.25, 0.3) is 0 Å². The molecule has 0 spiro atoms. The molecule has 154 valence electrons. The maximum atomic E-state index is 13.9. The van der Waals surface area contributed by atoms with E-state index in [1.54, 1.807) is 6.07 Å². The number of hydrogen-bond donors (Lipinski definition) is 1. The van der Waals surface area contributed by atoms with Gasteiger partial charge in [-0.25, -0.2) is 9.37 Å². The van der Waals surface area contributed by atoms with Gasteiger partial charge in [0.05, 0.1) is 13.2 Å². The Hall–Kier alpha value is -2.41. The van der Waals surface area contributed by atoms with E-state index in [1.165, 1.54) is 18.9 Å². The predicted octanol–water partition coefficient (Wildman–Crippen LogP) is 3.45. The van der Waals surface area contributed by atoms with E-state index in [1.807, 2.05) is 24.4 Å². The van der Waals surface area contributed by atoms with E-state index >= 15 is 0 Å². The fourth-order valence-corrected chi connectivity index (χ4v) is 5.11. The summed E-state index contributed by atoms with van der Waals surface area (Å²) in [6.45, 7) is 3.19. The number of nitrogens with one attached hydrogen (secondary N) is 1. The van der Waals surface area contributed by atoms with Gasteiger partial charge in [0.15, 0.2) is 0 Å². The molecule has 5 rings (SSSR count). The van der Waals surface area contributed by atoms with Crippen LogP contribution >= 0.6 is 0 Å². The molecule has 4 heterocycles. The highest BCUT2D eigenvalue weighted by molar-refractivity contribution is 5.51. The summed E-state index contributed by atoms with van der Waals surface area (Å²) in [7, 11) is 0. The highest BCUT2D eigenvalue weighted by Crippen LogP contribution is 2.38. The van der Waals surface area contributed by atoms with E-state index in [2.05, 4.69) is 20.1 Å². The zero-order chi connectivity index (χ0) is 19.6. The molecule has 2 aromatic rings. The molecule has 0 unspecified atom stereocenters. The lowest BCUT2D eigenvalue weighted by molar-refractivity contribution is 0.122. The molecule has 1 aromatic heterocycles. The summed E-state index contributed by atoms with van der Waals surface area (Å²) in [6, 6.07) is 10.1. The molecule has 7 heteroatoms. The molecule has 3 fully saturated rings. The van der Waals surface area contributed by atoms with Crippen molar-refractivity contribution in [2.45, 2.75) is 50.2 Å². The summed E-state index contributed by atoms with van der Waals surface area (Å²) in [5.41, 5.74) is 0.995. The Morgan fingerprint density at radius 2 is 1.97 bits per heavy atom. The minimum absolute atomic E-state index is 0.169. The van der Waals surface area contributed by atoms with Crippen LogP contribution in [0.3, 0.4) is 0 Å². The zero-order valence-electron chi connectivity index (χ0n) is 16.6. The number of halogens is 1. The molecule has 0 amide bonds. The van der Waals surface area contributed by atoms with Gasteiger partial charge in [0.1, 0.15) is 11.6 Å². The lowest BCUT2D eigenvalue weighted by Gasteiger charge is -2.51. The van der Waals surface area contributed by atoms with E-state index in [9.17, 15) is 4.39 Å². The van der Waals surface area contributed by atoms with Crippen LogP contribution in [0.1, 0.15) is 32.1 Å². The van der Waals surface area contributed by atoms with Crippen molar-refractivity contribution in [3.05, 3.63) is 42.3 Å². The van der Waals surface area contributed by atoms with Crippen molar-refractivity contribution in [1.29, 1.82) is 0 Å². The van der Waals surface area contributed by atoms with Crippen molar-refractivity contribution in [3.63, 3.8) is 0 Å². The largest absolute Gasteiger partial charge is 0.378 e. The van der Waals surface area contributed by atoms with Crippen molar-refractivity contribution in [1.82, 2.24) is 9.97 Å². The summed E-state index contributed by atoms with van der Waals surface area (Å²) in [6.07, 6.45) is 7.53. The second-order valence-corrected chi connectivity index (χ2v) is 8.21. The molecule has 1 N–H and O–H groups in total. The number of fused-ring (bicyclic) bond motifs is 2. The van der Waals surface area contributed by atoms with Crippen LogP contribution in [-0.4, -0.2) is 54.4 Å². The Kier molecular flexibility index (Phi) is 5.23. The molecule has 0 saturated carbocycles. The van der Waals surface area contributed by atoms with Gasteiger partial charge < -0.3 is 19.9 Å². The smallest absolute Gasteiger partial charge is 0.224 e. The molecule has 29 heavy (non-hydrogen) atoms. The molecular formula is C22H28FN5O. The van der Waals surface area contributed by atoms with E-state index < -0.39 is 0 Å². The van der Waals surface area contributed by atoms with Crippen LogP contribution in [0.2, 0.25) is 0 Å². The van der Waals surface area contributed by atoms with Crippen LogP contribution in [0, 0.1) is 5.82 Å². The Morgan fingerprint density at radius 3 is 2.83 bits per heavy atom. The van der Waals surface area contributed by atoms with Crippen LogP contribution in [-0.2, 0) is 4.74 Å². The third kappa shape index (κ3) is 3.88. The SMILES string of the molecule is Fc1cccc(N2[C@H]3CCC[C@@H]2[C@H](Nc2nccc(N4CCOCC4)n2)CC3)c1. The number of hydrogen-bond acceptors (Lipinski definition) is 6. The maximum absolute atomic E-state index is 13.9. The van der Waals surface area contributed by atoms with E-state index in [-0.39, 0.29) is 11.9 Å². The van der Waals surface area contributed by atoms with Gasteiger partial charge in [-0.3, -0.25) is 0 Å². The highest BCUT2D eigenvalue weighted by Gasteiger charge is 2.40. The summed E-state index contributed by atoms with van der Waals surface area (Å²) in [4.78, 5) is 14.0. The van der Waals surface area contributed by atoms with Crippen LogP contribution in [0.15, 0.2) is 36.5 Å². The quantitative estimate of drug-likeness (QED) is 0.853. The van der Waals surface area contributed by atoms with Gasteiger partial charge in [-0.1, -0.05) is 6.07 Å². The monoisotopic (exact) mass is 397 g/mol. The Bertz CT molecular complexity index is 843. The van der Waals surface area contributed by atoms with Crippen molar-refractivity contribution in [2.24, 2.45) is 0 Å². The second kappa shape index (κ2) is 8.14. The summed E-state index contributed by atoms with van der Waals surface area (Å²) in [5.74, 6) is 1.46. The first-order valence-corrected chi connectivity index (χ1v) is 10.7. The minimum Gasteiger partial charge on any atom is -0.378 e. The van der Waals surface area contributed by atoms with Crippen molar-refractivity contribution in [2.75, 3.05) is 41.4 Å². The van der Waals surface area contributed by atoms with Crippen molar-refractivity contribution < 1.29 is 9.13 Å². The van der Waals surface area contributed by atoms with E-state index in [0.717, 1.165) is 57.1 Å². The number of nitrogens with zero attached hydrogens (tertiary/aromatic N) is 4. The van der Waals surface area contributed by atoms with Gasteiger partial charge >= 0.3 is 0 Å². The third-order valence-corrected chi connectivity index (χ3v) is 6.46. The third-order valence-electron chi connectivity index (χ3n) is 6.46. The van der Waals surface area contributed by atoms with Gasteiger partial charge in [-0.05, 0) is 56.4 Å². The summed E-state index contributed by atoms with van der Waals surface area (Å²) >= 11 is 0. The lowest BCUT2D eigenvalue weighted by Crippen LogP contribution is -2.58. The molecule has 3 atom stereocenters. The van der Waals surface area contributed by atoms with E-state index in [4.69, 9.17) is 9.72 Å². The zero-order valence-corrected chi connectivity index (χ0v) is 16.6. The Balaban J connectivity index is 1.36.